The van der Waals surface area contributed by atoms with Crippen LogP contribution in [-0.2, 0) is 6.54 Å². The Morgan fingerprint density at radius 3 is 2.92 bits per heavy atom. The molecule has 7 nitrogen and oxygen atoms in total. The van der Waals surface area contributed by atoms with Gasteiger partial charge in [0.25, 0.3) is 0 Å². The number of aromatic nitrogens is 3. The molecule has 2 amide bonds. The number of amides is 2. The van der Waals surface area contributed by atoms with Gasteiger partial charge in [0.15, 0.2) is 5.82 Å². The summed E-state index contributed by atoms with van der Waals surface area (Å²) in [6.07, 6.45) is 5.51. The molecule has 2 aromatic heterocycles. The third-order valence-electron chi connectivity index (χ3n) is 5.09. The second-order valence-electron chi connectivity index (χ2n) is 7.22. The summed E-state index contributed by atoms with van der Waals surface area (Å²) in [5, 5.41) is 7.77. The number of nitrogens with one attached hydrogen (secondary N) is 1. The van der Waals surface area contributed by atoms with E-state index in [9.17, 15) is 4.79 Å². The zero-order valence-electron chi connectivity index (χ0n) is 14.8. The van der Waals surface area contributed by atoms with Crippen LogP contribution in [0.4, 0.5) is 4.79 Å². The van der Waals surface area contributed by atoms with Crippen LogP contribution < -0.4 is 5.32 Å². The lowest BCUT2D eigenvalue weighted by molar-refractivity contribution is 0.179. The summed E-state index contributed by atoms with van der Waals surface area (Å²) in [6.45, 7) is 5.81. The van der Waals surface area contributed by atoms with Crippen LogP contribution in [0.2, 0.25) is 0 Å². The van der Waals surface area contributed by atoms with Gasteiger partial charge in [0.05, 0.1) is 18.3 Å². The van der Waals surface area contributed by atoms with Crippen molar-refractivity contribution in [2.24, 2.45) is 0 Å². The van der Waals surface area contributed by atoms with Gasteiger partial charge in [-0.2, -0.15) is 5.10 Å². The van der Waals surface area contributed by atoms with E-state index in [1.165, 1.54) is 0 Å². The van der Waals surface area contributed by atoms with Crippen molar-refractivity contribution < 1.29 is 9.21 Å². The monoisotopic (exact) mass is 343 g/mol. The first-order valence-corrected chi connectivity index (χ1v) is 9.18. The summed E-state index contributed by atoms with van der Waals surface area (Å²) < 4.78 is 7.48. The number of fused-ring (bicyclic) bond motifs is 1. The number of aryl methyl sites for hydroxylation is 1. The summed E-state index contributed by atoms with van der Waals surface area (Å²) in [5.41, 5.74) is 0. The van der Waals surface area contributed by atoms with Crippen LogP contribution in [0.25, 0.3) is 0 Å². The standard InChI is InChI=1S/C18H25N5O2/c1-12(2)16-20-17-13(6-3-10-23(17)21-16)19-18(24)22-9-4-7-14(22)15-8-5-11-25-15/h5,8,11-14H,3-4,6-7,9-10H2,1-2H3,(H,19,24)/t13-,14+/m1/s1. The number of hydrogen-bond acceptors (Lipinski definition) is 4. The van der Waals surface area contributed by atoms with Crippen molar-refractivity contribution in [2.75, 3.05) is 6.54 Å². The summed E-state index contributed by atoms with van der Waals surface area (Å²) in [7, 11) is 0. The highest BCUT2D eigenvalue weighted by atomic mass is 16.3. The number of hydrogen-bond donors (Lipinski definition) is 1. The summed E-state index contributed by atoms with van der Waals surface area (Å²) >= 11 is 0. The average Bonchev–Trinajstić information content (AvgIpc) is 3.33. The number of furan rings is 1. The van der Waals surface area contributed by atoms with Crippen molar-refractivity contribution in [3.8, 4) is 0 Å². The van der Waals surface area contributed by atoms with Gasteiger partial charge in [-0.25, -0.2) is 14.5 Å². The molecule has 1 fully saturated rings. The van der Waals surface area contributed by atoms with Gasteiger partial charge >= 0.3 is 6.03 Å². The van der Waals surface area contributed by atoms with E-state index in [-0.39, 0.29) is 24.0 Å². The molecule has 0 aromatic carbocycles. The lowest BCUT2D eigenvalue weighted by atomic mass is 10.1. The van der Waals surface area contributed by atoms with Crippen molar-refractivity contribution in [1.82, 2.24) is 25.0 Å². The molecular formula is C18H25N5O2. The van der Waals surface area contributed by atoms with Crippen LogP contribution in [0.15, 0.2) is 22.8 Å². The van der Waals surface area contributed by atoms with Crippen LogP contribution in [-0.4, -0.2) is 32.2 Å². The Kier molecular flexibility index (Phi) is 4.23. The van der Waals surface area contributed by atoms with Crippen LogP contribution in [0, 0.1) is 0 Å². The van der Waals surface area contributed by atoms with Gasteiger partial charge in [-0.15, -0.1) is 0 Å². The van der Waals surface area contributed by atoms with E-state index >= 15 is 0 Å². The SMILES string of the molecule is CC(C)c1nc2n(n1)CCC[C@H]2NC(=O)N1CCC[C@H]1c1ccco1. The third-order valence-corrected chi connectivity index (χ3v) is 5.09. The molecule has 1 N–H and O–H groups in total. The highest BCUT2D eigenvalue weighted by molar-refractivity contribution is 5.75. The summed E-state index contributed by atoms with van der Waals surface area (Å²) in [5.74, 6) is 2.89. The first-order valence-electron chi connectivity index (χ1n) is 9.18. The largest absolute Gasteiger partial charge is 0.467 e. The van der Waals surface area contributed by atoms with Crippen molar-refractivity contribution in [3.05, 3.63) is 35.8 Å². The fourth-order valence-electron chi connectivity index (χ4n) is 3.77. The Morgan fingerprint density at radius 1 is 1.32 bits per heavy atom. The highest BCUT2D eigenvalue weighted by Crippen LogP contribution is 2.33. The topological polar surface area (TPSA) is 76.2 Å². The maximum absolute atomic E-state index is 12.9. The Morgan fingerprint density at radius 2 is 2.16 bits per heavy atom. The predicted octanol–water partition coefficient (Wildman–Crippen LogP) is 3.38. The fourth-order valence-corrected chi connectivity index (χ4v) is 3.77. The van der Waals surface area contributed by atoms with E-state index in [1.807, 2.05) is 21.7 Å². The smallest absolute Gasteiger partial charge is 0.318 e. The van der Waals surface area contributed by atoms with Gasteiger partial charge in [0, 0.05) is 19.0 Å². The number of carbonyl (C=O) groups is 1. The molecule has 0 bridgehead atoms. The molecule has 4 rings (SSSR count). The second-order valence-corrected chi connectivity index (χ2v) is 7.22. The quantitative estimate of drug-likeness (QED) is 0.927. The molecule has 7 heteroatoms. The number of urea groups is 1. The summed E-state index contributed by atoms with van der Waals surface area (Å²) in [6, 6.07) is 3.75. The fraction of sp³-hybridized carbons (Fsp3) is 0.611. The molecule has 0 radical (unpaired) electrons. The van der Waals surface area contributed by atoms with E-state index in [2.05, 4.69) is 29.2 Å². The molecule has 2 aliphatic rings. The van der Waals surface area contributed by atoms with Crippen LogP contribution in [0.1, 0.15) is 74.9 Å². The average molecular weight is 343 g/mol. The zero-order valence-corrected chi connectivity index (χ0v) is 14.8. The molecule has 2 atom stereocenters. The molecular weight excluding hydrogens is 318 g/mol. The number of likely N-dealkylation sites (tertiary alicyclic amines) is 1. The molecule has 4 heterocycles. The van der Waals surface area contributed by atoms with Crippen molar-refractivity contribution in [3.63, 3.8) is 0 Å². The molecule has 1 saturated heterocycles. The maximum Gasteiger partial charge on any atom is 0.318 e. The minimum absolute atomic E-state index is 0.0303. The first kappa shape index (κ1) is 16.2. The Labute approximate surface area is 147 Å². The van der Waals surface area contributed by atoms with Gasteiger partial charge in [-0.1, -0.05) is 13.8 Å². The van der Waals surface area contributed by atoms with E-state index in [1.54, 1.807) is 6.26 Å². The minimum atomic E-state index is -0.0703. The molecule has 2 aliphatic heterocycles. The number of rotatable bonds is 3. The zero-order chi connectivity index (χ0) is 17.4. The number of carbonyl (C=O) groups excluding carboxylic acids is 1. The van der Waals surface area contributed by atoms with E-state index in [0.717, 1.165) is 56.2 Å². The summed E-state index contributed by atoms with van der Waals surface area (Å²) in [4.78, 5) is 19.5. The third kappa shape index (κ3) is 3.03. The lowest BCUT2D eigenvalue weighted by Gasteiger charge is -2.28. The van der Waals surface area contributed by atoms with E-state index in [0.29, 0.717) is 0 Å². The van der Waals surface area contributed by atoms with Gasteiger partial charge in [0.2, 0.25) is 0 Å². The molecule has 134 valence electrons. The molecule has 0 unspecified atom stereocenters. The van der Waals surface area contributed by atoms with Gasteiger partial charge in [-0.05, 0) is 37.8 Å². The maximum atomic E-state index is 12.9. The molecule has 0 aliphatic carbocycles. The van der Waals surface area contributed by atoms with Crippen LogP contribution in [0.3, 0.4) is 0 Å². The molecule has 0 spiro atoms. The lowest BCUT2D eigenvalue weighted by Crippen LogP contribution is -2.42. The number of nitrogens with zero attached hydrogens (tertiary/aromatic N) is 4. The second kappa shape index (κ2) is 6.54. The van der Waals surface area contributed by atoms with E-state index in [4.69, 9.17) is 4.42 Å². The van der Waals surface area contributed by atoms with Crippen LogP contribution in [0.5, 0.6) is 0 Å². The van der Waals surface area contributed by atoms with Gasteiger partial charge in [-0.3, -0.25) is 0 Å². The highest BCUT2D eigenvalue weighted by Gasteiger charge is 2.34. The Bertz CT molecular complexity index is 737. The van der Waals surface area contributed by atoms with Crippen LogP contribution >= 0.6 is 0 Å². The Hall–Kier alpha value is -2.31. The van der Waals surface area contributed by atoms with Gasteiger partial charge in [0.1, 0.15) is 11.6 Å². The van der Waals surface area contributed by atoms with Crippen molar-refractivity contribution in [1.29, 1.82) is 0 Å². The molecule has 2 aromatic rings. The minimum Gasteiger partial charge on any atom is -0.467 e. The first-order chi connectivity index (χ1) is 12.1. The normalized spacial score (nSPS) is 23.1. The molecule has 25 heavy (non-hydrogen) atoms. The van der Waals surface area contributed by atoms with Gasteiger partial charge < -0.3 is 14.6 Å². The van der Waals surface area contributed by atoms with Crippen molar-refractivity contribution >= 4 is 6.03 Å². The van der Waals surface area contributed by atoms with Crippen molar-refractivity contribution in [2.45, 2.75) is 64.1 Å². The predicted molar refractivity (Wildman–Crippen MR) is 92.0 cm³/mol. The van der Waals surface area contributed by atoms with E-state index < -0.39 is 0 Å². The Balaban J connectivity index is 1.50. The molecule has 0 saturated carbocycles.